The molecule has 2 rings (SSSR count). The van der Waals surface area contributed by atoms with Gasteiger partial charge in [0.25, 0.3) is 6.43 Å². The molecule has 0 saturated heterocycles. The van der Waals surface area contributed by atoms with Gasteiger partial charge < -0.3 is 10.8 Å². The summed E-state index contributed by atoms with van der Waals surface area (Å²) >= 11 is 2.98. The molecule has 1 aliphatic rings. The van der Waals surface area contributed by atoms with E-state index in [0.29, 0.717) is 0 Å². The van der Waals surface area contributed by atoms with Crippen molar-refractivity contribution in [3.8, 4) is 0 Å². The summed E-state index contributed by atoms with van der Waals surface area (Å²) in [6.45, 7) is 0. The van der Waals surface area contributed by atoms with Crippen LogP contribution in [0.1, 0.15) is 12.1 Å². The van der Waals surface area contributed by atoms with Crippen LogP contribution in [0.25, 0.3) is 0 Å². The minimum Gasteiger partial charge on any atom is -0.393 e. The first kappa shape index (κ1) is 12.8. The van der Waals surface area contributed by atoms with Crippen LogP contribution < -0.4 is 5.73 Å². The van der Waals surface area contributed by atoms with Gasteiger partial charge >= 0.3 is 0 Å². The quantitative estimate of drug-likeness (QED) is 0.837. The zero-order valence-electron chi connectivity index (χ0n) is 8.58. The molecule has 1 saturated carbocycles. The highest BCUT2D eigenvalue weighted by Gasteiger charge is 2.58. The van der Waals surface area contributed by atoms with Gasteiger partial charge in [-0.15, -0.1) is 0 Å². The van der Waals surface area contributed by atoms with Crippen molar-refractivity contribution in [2.75, 3.05) is 0 Å². The molecule has 0 aliphatic heterocycles. The van der Waals surface area contributed by atoms with Crippen LogP contribution in [0.4, 0.5) is 13.2 Å². The molecule has 1 aromatic rings. The van der Waals surface area contributed by atoms with Crippen molar-refractivity contribution in [3.05, 3.63) is 28.2 Å². The Balaban J connectivity index is 2.49. The van der Waals surface area contributed by atoms with Crippen LogP contribution in [-0.4, -0.2) is 22.6 Å². The number of hydrogen-bond acceptors (Lipinski definition) is 3. The number of aromatic nitrogens is 1. The molecule has 0 aromatic carbocycles. The van der Waals surface area contributed by atoms with Gasteiger partial charge in [-0.1, -0.05) is 0 Å². The minimum atomic E-state index is -3.00. The highest BCUT2D eigenvalue weighted by atomic mass is 79.9. The summed E-state index contributed by atoms with van der Waals surface area (Å²) in [5.74, 6) is -1.76. The molecule has 1 fully saturated rings. The van der Waals surface area contributed by atoms with E-state index >= 15 is 0 Å². The van der Waals surface area contributed by atoms with Gasteiger partial charge in [0.05, 0.1) is 6.10 Å². The fourth-order valence-electron chi connectivity index (χ4n) is 1.86. The molecule has 3 atom stereocenters. The van der Waals surface area contributed by atoms with E-state index in [9.17, 15) is 18.3 Å². The largest absolute Gasteiger partial charge is 0.393 e. The van der Waals surface area contributed by atoms with Gasteiger partial charge in [-0.25, -0.2) is 18.2 Å². The summed E-state index contributed by atoms with van der Waals surface area (Å²) in [6, 6.07) is 2.32. The normalized spacial score (nSPS) is 27.0. The smallest absolute Gasteiger partial charge is 0.262 e. The maximum Gasteiger partial charge on any atom is 0.262 e. The molecule has 1 aromatic heterocycles. The Morgan fingerprint density at radius 1 is 1.53 bits per heavy atom. The van der Waals surface area contributed by atoms with Gasteiger partial charge in [0.15, 0.2) is 0 Å². The monoisotopic (exact) mass is 310 g/mol. The molecule has 3 N–H and O–H groups in total. The van der Waals surface area contributed by atoms with E-state index in [0.717, 1.165) is 6.07 Å². The molecular formula is C10H10BrF3N2O. The van der Waals surface area contributed by atoms with E-state index in [-0.39, 0.29) is 11.0 Å². The zero-order valence-corrected chi connectivity index (χ0v) is 10.2. The second-order valence-electron chi connectivity index (χ2n) is 4.11. The molecule has 1 heterocycles. The summed E-state index contributed by atoms with van der Waals surface area (Å²) in [5.41, 5.74) is 2.84. The average Bonchev–Trinajstić information content (AvgIpc) is 2.98. The predicted molar refractivity (Wildman–Crippen MR) is 57.9 cm³/mol. The lowest BCUT2D eigenvalue weighted by Crippen LogP contribution is -2.48. The number of pyridine rings is 1. The highest BCUT2D eigenvalue weighted by Crippen LogP contribution is 2.47. The van der Waals surface area contributed by atoms with Crippen molar-refractivity contribution in [1.82, 2.24) is 4.98 Å². The predicted octanol–water partition coefficient (Wildman–Crippen LogP) is 1.78. The number of alkyl halides is 2. The van der Waals surface area contributed by atoms with Gasteiger partial charge in [-0.3, -0.25) is 0 Å². The van der Waals surface area contributed by atoms with Crippen molar-refractivity contribution in [2.24, 2.45) is 11.7 Å². The fraction of sp³-hybridized carbons (Fsp3) is 0.500. The van der Waals surface area contributed by atoms with E-state index in [1.54, 1.807) is 0 Å². The Kier molecular flexibility index (Phi) is 3.17. The van der Waals surface area contributed by atoms with Crippen molar-refractivity contribution in [2.45, 2.75) is 24.5 Å². The summed E-state index contributed by atoms with van der Waals surface area (Å²) in [5, 5.41) is 9.26. The van der Waals surface area contributed by atoms with E-state index in [1.807, 2.05) is 0 Å². The van der Waals surface area contributed by atoms with Crippen molar-refractivity contribution < 1.29 is 18.3 Å². The Labute approximate surface area is 104 Å². The summed E-state index contributed by atoms with van der Waals surface area (Å²) in [6.07, 6.45) is -3.79. The van der Waals surface area contributed by atoms with E-state index < -0.39 is 35.5 Å². The lowest BCUT2D eigenvalue weighted by molar-refractivity contribution is 0.0234. The van der Waals surface area contributed by atoms with Gasteiger partial charge in [-0.05, 0) is 34.5 Å². The van der Waals surface area contributed by atoms with Crippen molar-refractivity contribution in [3.63, 3.8) is 0 Å². The lowest BCUT2D eigenvalue weighted by Gasteiger charge is -2.28. The average molecular weight is 311 g/mol. The zero-order chi connectivity index (χ0) is 12.8. The Morgan fingerprint density at radius 3 is 2.59 bits per heavy atom. The lowest BCUT2D eigenvalue weighted by atomic mass is 9.90. The number of aliphatic hydroxyl groups excluding tert-OH is 1. The van der Waals surface area contributed by atoms with Gasteiger partial charge in [-0.2, -0.15) is 0 Å². The third-order valence-corrected chi connectivity index (χ3v) is 3.40. The van der Waals surface area contributed by atoms with Crippen LogP contribution in [0, 0.1) is 11.7 Å². The first-order chi connectivity index (χ1) is 7.87. The van der Waals surface area contributed by atoms with Crippen LogP contribution >= 0.6 is 15.9 Å². The first-order valence-corrected chi connectivity index (χ1v) is 5.74. The second kappa shape index (κ2) is 4.22. The highest BCUT2D eigenvalue weighted by molar-refractivity contribution is 9.10. The molecule has 94 valence electrons. The first-order valence-electron chi connectivity index (χ1n) is 4.95. The topological polar surface area (TPSA) is 59.1 Å². The van der Waals surface area contributed by atoms with Crippen LogP contribution in [0.15, 0.2) is 16.7 Å². The molecule has 7 heteroatoms. The molecule has 0 amide bonds. The van der Waals surface area contributed by atoms with Crippen LogP contribution in [0.3, 0.4) is 0 Å². The Hall–Kier alpha value is -0.660. The molecule has 0 spiro atoms. The minimum absolute atomic E-state index is 0.133. The summed E-state index contributed by atoms with van der Waals surface area (Å²) < 4.78 is 40.0. The standard InChI is InChI=1S/C10H10BrF3N2O/c11-7-2-1-5(12)8(16-7)10(15,9(13)14)4-3-6(4)17/h1-2,4,6,9,17H,3,15H2/t4-,6?,10-/m0/s1. The number of halogens is 4. The van der Waals surface area contributed by atoms with E-state index in [2.05, 4.69) is 20.9 Å². The molecule has 0 bridgehead atoms. The van der Waals surface area contributed by atoms with Gasteiger partial charge in [0.2, 0.25) is 0 Å². The molecule has 17 heavy (non-hydrogen) atoms. The molecule has 3 nitrogen and oxygen atoms in total. The van der Waals surface area contributed by atoms with Crippen molar-refractivity contribution >= 4 is 15.9 Å². The third-order valence-electron chi connectivity index (χ3n) is 2.95. The molecular weight excluding hydrogens is 301 g/mol. The van der Waals surface area contributed by atoms with Crippen LogP contribution in [0.2, 0.25) is 0 Å². The second-order valence-corrected chi connectivity index (χ2v) is 4.92. The number of nitrogens with two attached hydrogens (primary N) is 1. The van der Waals surface area contributed by atoms with E-state index in [4.69, 9.17) is 5.73 Å². The van der Waals surface area contributed by atoms with Crippen LogP contribution in [0.5, 0.6) is 0 Å². The fourth-order valence-corrected chi connectivity index (χ4v) is 2.17. The Bertz CT molecular complexity index is 446. The van der Waals surface area contributed by atoms with Gasteiger partial charge in [0.1, 0.15) is 21.7 Å². The molecule has 1 aliphatic carbocycles. The maximum absolute atomic E-state index is 13.6. The number of aliphatic hydroxyl groups is 1. The maximum atomic E-state index is 13.6. The number of rotatable bonds is 3. The van der Waals surface area contributed by atoms with E-state index in [1.165, 1.54) is 6.07 Å². The number of hydrogen-bond donors (Lipinski definition) is 2. The Morgan fingerprint density at radius 2 is 2.12 bits per heavy atom. The van der Waals surface area contributed by atoms with Crippen LogP contribution in [-0.2, 0) is 5.54 Å². The summed E-state index contributed by atoms with van der Waals surface area (Å²) in [4.78, 5) is 3.69. The van der Waals surface area contributed by atoms with Crippen molar-refractivity contribution in [1.29, 1.82) is 0 Å². The molecule has 0 radical (unpaired) electrons. The number of nitrogens with zero attached hydrogens (tertiary/aromatic N) is 1. The van der Waals surface area contributed by atoms with Gasteiger partial charge in [0, 0.05) is 5.92 Å². The SMILES string of the molecule is N[C@@](c1nc(Br)ccc1F)(C(F)F)[C@H]1CC1O. The molecule has 1 unspecified atom stereocenters. The summed E-state index contributed by atoms with van der Waals surface area (Å²) in [7, 11) is 0. The third kappa shape index (κ3) is 2.07.